The van der Waals surface area contributed by atoms with Gasteiger partial charge in [-0.2, -0.15) is 5.26 Å². The van der Waals surface area contributed by atoms with E-state index in [-0.39, 0.29) is 5.69 Å². The summed E-state index contributed by atoms with van der Waals surface area (Å²) in [6.45, 7) is 0. The molecule has 0 aliphatic rings. The minimum atomic E-state index is -0.229. The zero-order chi connectivity index (χ0) is 11.8. The Hall–Kier alpha value is -2.39. The first-order chi connectivity index (χ1) is 8.26. The van der Waals surface area contributed by atoms with Crippen LogP contribution in [0.15, 0.2) is 28.4 Å². The van der Waals surface area contributed by atoms with Crippen LogP contribution in [-0.4, -0.2) is 15.0 Å². The highest BCUT2D eigenvalue weighted by atomic mass is 32.1. The standard InChI is InChI=1S/C11H6N4OS/c12-4-10-13-9(5-17-10)6-1-2-7-8(3-6)15-11(16)14-7/h1-3,5H,(H2,14,15,16). The van der Waals surface area contributed by atoms with E-state index in [0.717, 1.165) is 22.3 Å². The number of imidazole rings is 1. The number of fused-ring (bicyclic) bond motifs is 1. The number of aromatic amines is 2. The summed E-state index contributed by atoms with van der Waals surface area (Å²) >= 11 is 1.30. The van der Waals surface area contributed by atoms with E-state index in [2.05, 4.69) is 15.0 Å². The van der Waals surface area contributed by atoms with Crippen molar-refractivity contribution in [1.29, 1.82) is 5.26 Å². The van der Waals surface area contributed by atoms with Gasteiger partial charge < -0.3 is 9.97 Å². The van der Waals surface area contributed by atoms with Gasteiger partial charge >= 0.3 is 5.69 Å². The van der Waals surface area contributed by atoms with Crippen LogP contribution in [0, 0.1) is 11.3 Å². The second-order valence-electron chi connectivity index (χ2n) is 3.49. The molecule has 2 heterocycles. The predicted molar refractivity (Wildman–Crippen MR) is 64.7 cm³/mol. The van der Waals surface area contributed by atoms with Gasteiger partial charge in [0.2, 0.25) is 0 Å². The molecule has 3 rings (SSSR count). The van der Waals surface area contributed by atoms with Crippen molar-refractivity contribution in [2.75, 3.05) is 0 Å². The molecule has 0 saturated heterocycles. The smallest absolute Gasteiger partial charge is 0.306 e. The largest absolute Gasteiger partial charge is 0.323 e. The molecule has 2 aromatic heterocycles. The monoisotopic (exact) mass is 242 g/mol. The highest BCUT2D eigenvalue weighted by Gasteiger charge is 2.06. The number of hydrogen-bond donors (Lipinski definition) is 2. The summed E-state index contributed by atoms with van der Waals surface area (Å²) in [5.74, 6) is 0. The Balaban J connectivity index is 2.17. The van der Waals surface area contributed by atoms with Crippen molar-refractivity contribution < 1.29 is 0 Å². The van der Waals surface area contributed by atoms with Gasteiger partial charge in [0.15, 0.2) is 5.01 Å². The average Bonchev–Trinajstić information content (AvgIpc) is 2.92. The normalized spacial score (nSPS) is 10.5. The Morgan fingerprint density at radius 2 is 2.12 bits per heavy atom. The van der Waals surface area contributed by atoms with Crippen molar-refractivity contribution in [1.82, 2.24) is 15.0 Å². The summed E-state index contributed by atoms with van der Waals surface area (Å²) in [7, 11) is 0. The Morgan fingerprint density at radius 1 is 1.29 bits per heavy atom. The number of rotatable bonds is 1. The van der Waals surface area contributed by atoms with E-state index >= 15 is 0 Å². The average molecular weight is 242 g/mol. The fourth-order valence-electron chi connectivity index (χ4n) is 1.65. The van der Waals surface area contributed by atoms with Gasteiger partial charge in [-0.25, -0.2) is 9.78 Å². The second kappa shape index (κ2) is 3.57. The molecule has 0 radical (unpaired) electrons. The number of nitrogens with zero attached hydrogens (tertiary/aromatic N) is 2. The van der Waals surface area contributed by atoms with Crippen LogP contribution in [0.2, 0.25) is 0 Å². The second-order valence-corrected chi connectivity index (χ2v) is 4.35. The van der Waals surface area contributed by atoms with Crippen LogP contribution < -0.4 is 5.69 Å². The summed E-state index contributed by atoms with van der Waals surface area (Å²) in [5.41, 5.74) is 2.89. The first kappa shape index (κ1) is 9.81. The Labute approximate surface area is 99.4 Å². The van der Waals surface area contributed by atoms with Gasteiger partial charge in [0.05, 0.1) is 16.7 Å². The first-order valence-electron chi connectivity index (χ1n) is 4.84. The molecule has 0 bridgehead atoms. The number of aromatic nitrogens is 3. The summed E-state index contributed by atoms with van der Waals surface area (Å²) in [5, 5.41) is 11.0. The molecule has 1 aromatic carbocycles. The van der Waals surface area contributed by atoms with E-state index in [0.29, 0.717) is 5.01 Å². The molecule has 0 fully saturated rings. The number of hydrogen-bond acceptors (Lipinski definition) is 4. The van der Waals surface area contributed by atoms with Gasteiger partial charge in [-0.05, 0) is 12.1 Å². The molecule has 0 aliphatic heterocycles. The fraction of sp³-hybridized carbons (Fsp3) is 0. The lowest BCUT2D eigenvalue weighted by Crippen LogP contribution is -1.99. The van der Waals surface area contributed by atoms with E-state index in [4.69, 9.17) is 5.26 Å². The first-order valence-corrected chi connectivity index (χ1v) is 5.72. The van der Waals surface area contributed by atoms with Crippen molar-refractivity contribution in [2.24, 2.45) is 0 Å². The molecular weight excluding hydrogens is 236 g/mol. The quantitative estimate of drug-likeness (QED) is 0.682. The van der Waals surface area contributed by atoms with Crippen LogP contribution in [0.4, 0.5) is 0 Å². The summed E-state index contributed by atoms with van der Waals surface area (Å²) < 4.78 is 0. The van der Waals surface area contributed by atoms with Crippen LogP contribution in [-0.2, 0) is 0 Å². The summed E-state index contributed by atoms with van der Waals surface area (Å²) in [4.78, 5) is 20.6. The zero-order valence-electron chi connectivity index (χ0n) is 8.52. The van der Waals surface area contributed by atoms with Crippen LogP contribution in [0.25, 0.3) is 22.3 Å². The molecule has 0 atom stereocenters. The maximum absolute atomic E-state index is 11.1. The van der Waals surface area contributed by atoms with Crippen LogP contribution >= 0.6 is 11.3 Å². The maximum Gasteiger partial charge on any atom is 0.323 e. The number of nitriles is 1. The molecule has 82 valence electrons. The zero-order valence-corrected chi connectivity index (χ0v) is 9.34. The van der Waals surface area contributed by atoms with Crippen LogP contribution in [0.1, 0.15) is 5.01 Å². The van der Waals surface area contributed by atoms with Crippen LogP contribution in [0.3, 0.4) is 0 Å². The minimum absolute atomic E-state index is 0.229. The van der Waals surface area contributed by atoms with Crippen molar-refractivity contribution in [3.05, 3.63) is 39.1 Å². The van der Waals surface area contributed by atoms with Gasteiger partial charge in [0.1, 0.15) is 6.07 Å². The number of H-pyrrole nitrogens is 2. The molecule has 0 unspecified atom stereocenters. The molecule has 0 aliphatic carbocycles. The predicted octanol–water partition coefficient (Wildman–Crippen LogP) is 1.85. The molecule has 17 heavy (non-hydrogen) atoms. The Bertz CT molecular complexity index is 790. The third-order valence-electron chi connectivity index (χ3n) is 2.41. The lowest BCUT2D eigenvalue weighted by atomic mass is 10.1. The Morgan fingerprint density at radius 3 is 2.88 bits per heavy atom. The molecule has 3 aromatic rings. The lowest BCUT2D eigenvalue weighted by molar-refractivity contribution is 1.21. The SMILES string of the molecule is N#Cc1nc(-c2ccc3[nH]c(=O)[nH]c3c2)cs1. The third kappa shape index (κ3) is 1.62. The van der Waals surface area contributed by atoms with Crippen molar-refractivity contribution in [2.45, 2.75) is 0 Å². The van der Waals surface area contributed by atoms with Gasteiger partial charge in [-0.1, -0.05) is 6.07 Å². The summed E-state index contributed by atoms with van der Waals surface area (Å²) in [6.07, 6.45) is 0. The maximum atomic E-state index is 11.1. The van der Waals surface area contributed by atoms with E-state index in [1.165, 1.54) is 11.3 Å². The Kier molecular flexibility index (Phi) is 2.06. The molecule has 2 N–H and O–H groups in total. The number of nitrogens with one attached hydrogen (secondary N) is 2. The molecule has 0 amide bonds. The highest BCUT2D eigenvalue weighted by Crippen LogP contribution is 2.23. The van der Waals surface area contributed by atoms with Crippen LogP contribution in [0.5, 0.6) is 0 Å². The van der Waals surface area contributed by atoms with E-state index in [1.807, 2.05) is 29.6 Å². The molecule has 6 heteroatoms. The molecular formula is C11H6N4OS. The topological polar surface area (TPSA) is 85.3 Å². The highest BCUT2D eigenvalue weighted by molar-refractivity contribution is 7.10. The molecule has 5 nitrogen and oxygen atoms in total. The van der Waals surface area contributed by atoms with E-state index in [1.54, 1.807) is 0 Å². The van der Waals surface area contributed by atoms with E-state index < -0.39 is 0 Å². The summed E-state index contributed by atoms with van der Waals surface area (Å²) in [6, 6.07) is 7.52. The van der Waals surface area contributed by atoms with Gasteiger partial charge in [-0.3, -0.25) is 0 Å². The number of benzene rings is 1. The molecule has 0 spiro atoms. The van der Waals surface area contributed by atoms with Gasteiger partial charge in [0, 0.05) is 10.9 Å². The fourth-order valence-corrected chi connectivity index (χ4v) is 2.27. The minimum Gasteiger partial charge on any atom is -0.306 e. The third-order valence-corrected chi connectivity index (χ3v) is 3.16. The van der Waals surface area contributed by atoms with Gasteiger partial charge in [-0.15, -0.1) is 11.3 Å². The number of thiazole rings is 1. The van der Waals surface area contributed by atoms with Gasteiger partial charge in [0.25, 0.3) is 0 Å². The van der Waals surface area contributed by atoms with Crippen molar-refractivity contribution in [3.8, 4) is 17.3 Å². The van der Waals surface area contributed by atoms with Crippen molar-refractivity contribution in [3.63, 3.8) is 0 Å². The lowest BCUT2D eigenvalue weighted by Gasteiger charge is -1.95. The van der Waals surface area contributed by atoms with E-state index in [9.17, 15) is 4.79 Å². The van der Waals surface area contributed by atoms with Crippen molar-refractivity contribution >= 4 is 22.4 Å². The molecule has 0 saturated carbocycles.